The van der Waals surface area contributed by atoms with Gasteiger partial charge in [0.2, 0.25) is 0 Å². The van der Waals surface area contributed by atoms with E-state index < -0.39 is 14.2 Å². The standard InChI is InChI=1S/C7H8AsIO4/c1-13-7-3-2-5(4-6(7)9)8(10,11)12/h2-4H,1H3,(H2,10,11,12). The van der Waals surface area contributed by atoms with E-state index in [0.29, 0.717) is 9.32 Å². The molecule has 13 heavy (non-hydrogen) atoms. The van der Waals surface area contributed by atoms with Crippen LogP contribution < -0.4 is 9.09 Å². The van der Waals surface area contributed by atoms with Crippen LogP contribution in [0.4, 0.5) is 0 Å². The SMILES string of the molecule is COc1ccc([As](=O)(O)O)cc1I. The predicted molar refractivity (Wildman–Crippen MR) is 56.2 cm³/mol. The summed E-state index contributed by atoms with van der Waals surface area (Å²) in [6, 6.07) is 4.39. The van der Waals surface area contributed by atoms with Gasteiger partial charge in [-0.05, 0) is 0 Å². The number of rotatable bonds is 2. The molecule has 0 aromatic heterocycles. The molecule has 0 spiro atoms. The summed E-state index contributed by atoms with van der Waals surface area (Å²) in [6.07, 6.45) is 0. The van der Waals surface area contributed by atoms with Gasteiger partial charge in [0.25, 0.3) is 0 Å². The molecule has 0 unspecified atom stereocenters. The summed E-state index contributed by atoms with van der Waals surface area (Å²) in [5, 5.41) is 0. The Morgan fingerprint density at radius 2 is 2.08 bits per heavy atom. The number of hydrogen-bond donors (Lipinski definition) is 2. The van der Waals surface area contributed by atoms with Crippen molar-refractivity contribution in [2.45, 2.75) is 0 Å². The third-order valence-electron chi connectivity index (χ3n) is 1.47. The number of ether oxygens (including phenoxy) is 1. The number of methoxy groups -OCH3 is 1. The van der Waals surface area contributed by atoms with Gasteiger partial charge in [-0.2, -0.15) is 0 Å². The van der Waals surface area contributed by atoms with E-state index in [-0.39, 0.29) is 4.35 Å². The fraction of sp³-hybridized carbons (Fsp3) is 0.143. The molecule has 2 N–H and O–H groups in total. The van der Waals surface area contributed by atoms with E-state index in [1.54, 1.807) is 6.07 Å². The van der Waals surface area contributed by atoms with Crippen molar-refractivity contribution in [3.63, 3.8) is 0 Å². The van der Waals surface area contributed by atoms with Crippen LogP contribution in [0.5, 0.6) is 5.75 Å². The third-order valence-corrected chi connectivity index (χ3v) is 4.31. The minimum atomic E-state index is -4.74. The van der Waals surface area contributed by atoms with Crippen molar-refractivity contribution in [1.29, 1.82) is 0 Å². The van der Waals surface area contributed by atoms with Crippen LogP contribution in [0.1, 0.15) is 0 Å². The molecular weight excluding hydrogens is 350 g/mol. The van der Waals surface area contributed by atoms with E-state index in [2.05, 4.69) is 0 Å². The summed E-state index contributed by atoms with van der Waals surface area (Å²) in [5.74, 6) is 0.619. The van der Waals surface area contributed by atoms with E-state index in [9.17, 15) is 3.74 Å². The summed E-state index contributed by atoms with van der Waals surface area (Å²) in [4.78, 5) is 0. The van der Waals surface area contributed by atoms with Crippen molar-refractivity contribution in [2.75, 3.05) is 7.11 Å². The molecule has 1 rings (SSSR count). The molecule has 0 heterocycles. The topological polar surface area (TPSA) is 66.8 Å². The molecular formula is C7H8AsIO4. The number of benzene rings is 1. The van der Waals surface area contributed by atoms with Crippen molar-refractivity contribution in [2.24, 2.45) is 0 Å². The van der Waals surface area contributed by atoms with Crippen LogP contribution >= 0.6 is 22.6 Å². The first-order chi connectivity index (χ1) is 5.95. The van der Waals surface area contributed by atoms with Gasteiger partial charge in [0.05, 0.1) is 0 Å². The Bertz CT molecular complexity index is 360. The Balaban J connectivity index is 3.18. The van der Waals surface area contributed by atoms with Crippen molar-refractivity contribution >= 4 is 41.1 Å². The quantitative estimate of drug-likeness (QED) is 0.571. The van der Waals surface area contributed by atoms with Gasteiger partial charge >= 0.3 is 92.4 Å². The zero-order valence-electron chi connectivity index (χ0n) is 6.77. The first kappa shape index (κ1) is 11.1. The van der Waals surface area contributed by atoms with Crippen LogP contribution in [0.3, 0.4) is 0 Å². The monoisotopic (exact) mass is 358 g/mol. The van der Waals surface area contributed by atoms with Gasteiger partial charge in [-0.15, -0.1) is 0 Å². The summed E-state index contributed by atoms with van der Waals surface area (Å²) >= 11 is -2.77. The number of halogens is 1. The van der Waals surface area contributed by atoms with E-state index in [1.807, 2.05) is 22.6 Å². The average molecular weight is 358 g/mol. The maximum atomic E-state index is 10.9. The van der Waals surface area contributed by atoms with Crippen LogP contribution in [0.25, 0.3) is 0 Å². The molecule has 1 aromatic carbocycles. The van der Waals surface area contributed by atoms with Gasteiger partial charge in [-0.3, -0.25) is 0 Å². The van der Waals surface area contributed by atoms with Crippen LogP contribution in [0.2, 0.25) is 0 Å². The molecule has 0 fully saturated rings. The molecule has 0 bridgehead atoms. The van der Waals surface area contributed by atoms with Gasteiger partial charge in [-0.25, -0.2) is 0 Å². The van der Waals surface area contributed by atoms with E-state index >= 15 is 0 Å². The first-order valence-electron chi connectivity index (χ1n) is 3.35. The van der Waals surface area contributed by atoms with Crippen molar-refractivity contribution in [1.82, 2.24) is 0 Å². The fourth-order valence-corrected chi connectivity index (χ4v) is 3.29. The van der Waals surface area contributed by atoms with Gasteiger partial charge in [-0.1, -0.05) is 0 Å². The summed E-state index contributed by atoms with van der Waals surface area (Å²) in [5.41, 5.74) is 0. The molecule has 0 aliphatic heterocycles. The molecule has 6 heteroatoms. The van der Waals surface area contributed by atoms with Crippen molar-refractivity contribution in [3.05, 3.63) is 21.8 Å². The predicted octanol–water partition coefficient (Wildman–Crippen LogP) is -0.139. The molecule has 0 aliphatic rings. The molecule has 0 amide bonds. The van der Waals surface area contributed by atoms with Crippen LogP contribution in [0.15, 0.2) is 18.2 Å². The average Bonchev–Trinajstić information content (AvgIpc) is 2.02. The van der Waals surface area contributed by atoms with Crippen LogP contribution in [-0.4, -0.2) is 29.5 Å². The van der Waals surface area contributed by atoms with Crippen molar-refractivity contribution in [3.8, 4) is 5.75 Å². The third kappa shape index (κ3) is 2.74. The van der Waals surface area contributed by atoms with Crippen molar-refractivity contribution < 1.29 is 16.7 Å². The van der Waals surface area contributed by atoms with Gasteiger partial charge < -0.3 is 0 Å². The molecule has 72 valence electrons. The molecule has 0 saturated heterocycles. The van der Waals surface area contributed by atoms with E-state index in [0.717, 1.165) is 0 Å². The second kappa shape index (κ2) is 4.04. The molecule has 0 saturated carbocycles. The summed E-state index contributed by atoms with van der Waals surface area (Å²) in [7, 11) is 1.51. The zero-order valence-corrected chi connectivity index (χ0v) is 10.8. The molecule has 0 radical (unpaired) electrons. The Morgan fingerprint density at radius 1 is 1.46 bits per heavy atom. The molecule has 4 nitrogen and oxygen atoms in total. The van der Waals surface area contributed by atoms with Gasteiger partial charge in [0.1, 0.15) is 0 Å². The molecule has 0 atom stereocenters. The summed E-state index contributed by atoms with van der Waals surface area (Å²) < 4.78 is 34.4. The second-order valence-electron chi connectivity index (χ2n) is 2.36. The normalized spacial score (nSPS) is 11.4. The second-order valence-corrected chi connectivity index (χ2v) is 6.89. The number of hydrogen-bond acceptors (Lipinski definition) is 2. The summed E-state index contributed by atoms with van der Waals surface area (Å²) in [6.45, 7) is 0. The maximum absolute atomic E-state index is 10.9. The first-order valence-corrected chi connectivity index (χ1v) is 7.81. The van der Waals surface area contributed by atoms with E-state index in [4.69, 9.17) is 12.9 Å². The van der Waals surface area contributed by atoms with Gasteiger partial charge in [0, 0.05) is 0 Å². The zero-order chi connectivity index (χ0) is 10.1. The van der Waals surface area contributed by atoms with Crippen LogP contribution in [-0.2, 0) is 3.74 Å². The minimum absolute atomic E-state index is 0.0725. The fourth-order valence-electron chi connectivity index (χ4n) is 0.836. The molecule has 1 aromatic rings. The Labute approximate surface area is 92.1 Å². The molecule has 0 aliphatic carbocycles. The Hall–Kier alpha value is 0.0284. The Morgan fingerprint density at radius 3 is 2.46 bits per heavy atom. The van der Waals surface area contributed by atoms with Crippen LogP contribution in [0, 0.1) is 3.57 Å². The van der Waals surface area contributed by atoms with Gasteiger partial charge in [0.15, 0.2) is 0 Å². The Kier molecular flexibility index (Phi) is 3.45. The van der Waals surface area contributed by atoms with E-state index in [1.165, 1.54) is 19.2 Å².